The van der Waals surface area contributed by atoms with Crippen molar-refractivity contribution in [3.63, 3.8) is 0 Å². The molecule has 4 aromatic rings. The maximum atomic E-state index is 12.6. The van der Waals surface area contributed by atoms with Crippen LogP contribution in [0.3, 0.4) is 0 Å². The first-order valence-electron chi connectivity index (χ1n) is 14.9. The summed E-state index contributed by atoms with van der Waals surface area (Å²) in [5.41, 5.74) is 3.01. The average Bonchev–Trinajstić information content (AvgIpc) is 3.04. The Morgan fingerprint density at radius 2 is 1.04 bits per heavy atom. The van der Waals surface area contributed by atoms with Crippen LogP contribution in [0.2, 0.25) is 20.1 Å². The number of esters is 2. The van der Waals surface area contributed by atoms with Gasteiger partial charge >= 0.3 is 17.9 Å². The van der Waals surface area contributed by atoms with Gasteiger partial charge in [0.25, 0.3) is 5.91 Å². The molecule has 0 bridgehead atoms. The summed E-state index contributed by atoms with van der Waals surface area (Å²) in [6.45, 7) is 3.61. The number of benzene rings is 4. The van der Waals surface area contributed by atoms with Crippen LogP contribution < -0.4 is 5.32 Å². The molecule has 9 nitrogen and oxygen atoms in total. The second-order valence-electron chi connectivity index (χ2n) is 11.0. The molecule has 6 rings (SSSR count). The summed E-state index contributed by atoms with van der Waals surface area (Å²) in [4.78, 5) is 47.8. The third kappa shape index (κ3) is 9.99. The van der Waals surface area contributed by atoms with Crippen LogP contribution in [0.25, 0.3) is 0 Å². The smallest absolute Gasteiger partial charge is 0.340 e. The summed E-state index contributed by atoms with van der Waals surface area (Å²) in [7, 11) is 2.43. The number of ether oxygens (including phenoxy) is 2. The number of likely N-dealkylation sites (tertiary alicyclic amines) is 1. The molecule has 50 heavy (non-hydrogen) atoms. The quantitative estimate of drug-likeness (QED) is 0.188. The first kappa shape index (κ1) is 40.3. The number of amides is 1. The molecule has 0 aromatic heterocycles. The molecule has 0 aliphatic carbocycles. The lowest BCUT2D eigenvalue weighted by molar-refractivity contribution is 0.0589. The van der Waals surface area contributed by atoms with E-state index < -0.39 is 17.9 Å². The van der Waals surface area contributed by atoms with Crippen molar-refractivity contribution in [1.82, 2.24) is 10.2 Å². The van der Waals surface area contributed by atoms with Crippen molar-refractivity contribution in [2.24, 2.45) is 0 Å². The van der Waals surface area contributed by atoms with Gasteiger partial charge in [-0.05, 0) is 35.4 Å². The van der Waals surface area contributed by atoms with Gasteiger partial charge in [-0.3, -0.25) is 4.79 Å². The highest BCUT2D eigenvalue weighted by Crippen LogP contribution is 2.32. The molecule has 264 valence electrons. The Kier molecular flexibility index (Phi) is 15.1. The highest BCUT2D eigenvalue weighted by Gasteiger charge is 2.33. The number of methoxy groups -OCH3 is 2. The molecule has 1 amide bonds. The van der Waals surface area contributed by atoms with E-state index in [1.54, 1.807) is 4.90 Å². The Morgan fingerprint density at radius 3 is 1.38 bits per heavy atom. The van der Waals surface area contributed by atoms with E-state index in [1.807, 2.05) is 18.2 Å². The maximum Gasteiger partial charge on any atom is 0.340 e. The van der Waals surface area contributed by atoms with E-state index in [-0.39, 0.29) is 50.1 Å². The van der Waals surface area contributed by atoms with Gasteiger partial charge < -0.3 is 24.8 Å². The largest absolute Gasteiger partial charge is 0.478 e. The number of aromatic carboxylic acids is 1. The van der Waals surface area contributed by atoms with Crippen molar-refractivity contribution in [1.29, 1.82) is 0 Å². The number of hydrogen-bond donors (Lipinski definition) is 2. The minimum absolute atomic E-state index is 0. The zero-order valence-electron chi connectivity index (χ0n) is 26.4. The lowest BCUT2D eigenvalue weighted by Gasteiger charge is -2.39. The minimum atomic E-state index is -1.17. The summed E-state index contributed by atoms with van der Waals surface area (Å²) in [6.07, 6.45) is 0. The minimum Gasteiger partial charge on any atom is -0.478 e. The van der Waals surface area contributed by atoms with E-state index in [1.165, 1.54) is 37.5 Å². The summed E-state index contributed by atoms with van der Waals surface area (Å²) in [6, 6.07) is 25.9. The number of carbonyl (C=O) groups excluding carboxylic acids is 3. The Labute approximate surface area is 311 Å². The summed E-state index contributed by atoms with van der Waals surface area (Å²) in [5.74, 6) is -1.53. The molecule has 2 aliphatic heterocycles. The molecule has 4 aromatic carbocycles. The highest BCUT2D eigenvalue weighted by molar-refractivity contribution is 6.40. The summed E-state index contributed by atoms with van der Waals surface area (Å²) in [5, 5.41) is 12.1. The molecule has 2 heterocycles. The molecular formula is C37H36Cl4N2O7. The van der Waals surface area contributed by atoms with Crippen LogP contribution in [0.4, 0.5) is 0 Å². The molecular weight excluding hydrogens is 726 g/mol. The second-order valence-corrected chi connectivity index (χ2v) is 12.6. The van der Waals surface area contributed by atoms with E-state index in [2.05, 4.69) is 57.3 Å². The van der Waals surface area contributed by atoms with Gasteiger partial charge in [-0.25, -0.2) is 14.4 Å². The fourth-order valence-electron chi connectivity index (χ4n) is 5.00. The SMILES string of the molecule is C.COC(=O)c1c(Cl)cc(C(=O)N2CC(c3ccccc3)C2)cc1Cl.COC(=O)c1c(Cl)cc(C(=O)O)cc1Cl.c1ccc(C2CNC2)cc1. The molecule has 13 heteroatoms. The standard InChI is InChI=1S/C18H15Cl2NO3.C9H6Cl2O4.C9H11N.CH4/c1-24-18(23)16-14(19)7-12(8-15(16)20)17(22)21-9-13(10-21)11-5-3-2-4-6-11;1-15-9(14)7-5(10)2-4(8(12)13)3-6(7)11;1-2-4-8(5-3-1)9-6-10-7-9;/h2-8,13H,9-10H2,1H3;2-3H,1H3,(H,12,13);1-5,9-10H,6-7H2;1H4. The number of carboxylic acids is 1. The molecule has 0 radical (unpaired) electrons. The third-order valence-electron chi connectivity index (χ3n) is 7.85. The molecule has 2 fully saturated rings. The van der Waals surface area contributed by atoms with Crippen molar-refractivity contribution in [2.45, 2.75) is 19.3 Å². The van der Waals surface area contributed by atoms with Crippen molar-refractivity contribution in [3.8, 4) is 0 Å². The molecule has 0 saturated carbocycles. The van der Waals surface area contributed by atoms with Gasteiger partial charge in [0.1, 0.15) is 0 Å². The molecule has 2 N–H and O–H groups in total. The summed E-state index contributed by atoms with van der Waals surface area (Å²) >= 11 is 23.6. The van der Waals surface area contributed by atoms with E-state index in [9.17, 15) is 19.2 Å². The van der Waals surface area contributed by atoms with Crippen LogP contribution in [-0.2, 0) is 9.47 Å². The van der Waals surface area contributed by atoms with Crippen LogP contribution >= 0.6 is 46.4 Å². The number of carboxylic acid groups (broad SMARTS) is 1. The average molecular weight is 763 g/mol. The fourth-order valence-corrected chi connectivity index (χ4v) is 6.28. The van der Waals surface area contributed by atoms with Crippen LogP contribution in [-0.4, -0.2) is 74.2 Å². The fraction of sp³-hybridized carbons (Fsp3) is 0.243. The Morgan fingerprint density at radius 1 is 0.660 bits per heavy atom. The lowest BCUT2D eigenvalue weighted by Crippen LogP contribution is -2.48. The molecule has 0 spiro atoms. The van der Waals surface area contributed by atoms with Gasteiger partial charge in [-0.2, -0.15) is 0 Å². The first-order chi connectivity index (χ1) is 23.4. The van der Waals surface area contributed by atoms with Gasteiger partial charge in [-0.1, -0.05) is 114 Å². The van der Waals surface area contributed by atoms with Crippen molar-refractivity contribution >= 4 is 70.2 Å². The van der Waals surface area contributed by atoms with Gasteiger partial charge in [0.15, 0.2) is 0 Å². The monoisotopic (exact) mass is 760 g/mol. The highest BCUT2D eigenvalue weighted by atomic mass is 35.5. The summed E-state index contributed by atoms with van der Waals surface area (Å²) < 4.78 is 9.08. The molecule has 2 saturated heterocycles. The number of hydrogen-bond acceptors (Lipinski definition) is 7. The van der Waals surface area contributed by atoms with Gasteiger partial charge in [0.05, 0.1) is 51.0 Å². The topological polar surface area (TPSA) is 122 Å². The number of nitrogens with zero attached hydrogens (tertiary/aromatic N) is 1. The third-order valence-corrected chi connectivity index (χ3v) is 9.04. The normalized spacial score (nSPS) is 13.4. The molecule has 0 unspecified atom stereocenters. The van der Waals surface area contributed by atoms with Crippen molar-refractivity contribution < 1.29 is 33.8 Å². The van der Waals surface area contributed by atoms with Gasteiger partial charge in [-0.15, -0.1) is 0 Å². The zero-order valence-corrected chi connectivity index (χ0v) is 29.4. The number of rotatable bonds is 6. The van der Waals surface area contributed by atoms with E-state index in [4.69, 9.17) is 51.5 Å². The van der Waals surface area contributed by atoms with Crippen LogP contribution in [0, 0.1) is 0 Å². The Bertz CT molecular complexity index is 1770. The zero-order chi connectivity index (χ0) is 35.7. The number of nitrogens with one attached hydrogen (secondary N) is 1. The van der Waals surface area contributed by atoms with E-state index >= 15 is 0 Å². The number of halogens is 4. The number of carbonyl (C=O) groups is 4. The lowest BCUT2D eigenvalue weighted by atomic mass is 9.91. The van der Waals surface area contributed by atoms with Crippen LogP contribution in [0.1, 0.15) is 71.8 Å². The first-order valence-corrected chi connectivity index (χ1v) is 16.4. The van der Waals surface area contributed by atoms with E-state index in [0.29, 0.717) is 24.6 Å². The van der Waals surface area contributed by atoms with Gasteiger partial charge in [0, 0.05) is 43.6 Å². The van der Waals surface area contributed by atoms with Crippen molar-refractivity contribution in [3.05, 3.63) is 138 Å². The second kappa shape index (κ2) is 18.8. The Hall–Kier alpha value is -4.12. The van der Waals surface area contributed by atoms with Crippen LogP contribution in [0.15, 0.2) is 84.9 Å². The van der Waals surface area contributed by atoms with Crippen LogP contribution in [0.5, 0.6) is 0 Å². The Balaban J connectivity index is 0.000000221. The predicted molar refractivity (Wildman–Crippen MR) is 196 cm³/mol. The predicted octanol–water partition coefficient (Wildman–Crippen LogP) is 8.51. The maximum absolute atomic E-state index is 12.6. The van der Waals surface area contributed by atoms with Crippen molar-refractivity contribution in [2.75, 3.05) is 40.4 Å². The van der Waals surface area contributed by atoms with Gasteiger partial charge in [0.2, 0.25) is 0 Å². The van der Waals surface area contributed by atoms with E-state index in [0.717, 1.165) is 31.1 Å². The molecule has 2 aliphatic rings. The molecule has 0 atom stereocenters.